The molecule has 1 aliphatic rings. The Morgan fingerprint density at radius 3 is 2.17 bits per heavy atom. The topological polar surface area (TPSA) is 238 Å². The summed E-state index contributed by atoms with van der Waals surface area (Å²) in [7, 11) is 1.00. The zero-order valence-corrected chi connectivity index (χ0v) is 28.7. The molecule has 0 radical (unpaired) electrons. The van der Waals surface area contributed by atoms with E-state index < -0.39 is 18.1 Å². The van der Waals surface area contributed by atoms with Crippen LogP contribution in [-0.4, -0.2) is 103 Å². The van der Waals surface area contributed by atoms with Crippen LogP contribution >= 0.6 is 0 Å². The Labute approximate surface area is 278 Å². The van der Waals surface area contributed by atoms with Gasteiger partial charge in [0.25, 0.3) is 0 Å². The Hall–Kier alpha value is -4.53. The van der Waals surface area contributed by atoms with E-state index in [1.807, 2.05) is 39.0 Å². The molecule has 1 saturated heterocycles. The van der Waals surface area contributed by atoms with E-state index in [1.54, 1.807) is 13.8 Å². The van der Waals surface area contributed by atoms with Crippen molar-refractivity contribution in [1.29, 1.82) is 0 Å². The fraction of sp³-hybridized carbons (Fsp3) is 0.594. The van der Waals surface area contributed by atoms with Gasteiger partial charge in [-0.1, -0.05) is 37.3 Å². The van der Waals surface area contributed by atoms with Crippen molar-refractivity contribution in [2.45, 2.75) is 97.3 Å². The van der Waals surface area contributed by atoms with E-state index >= 15 is 0 Å². The number of hydrogen-bond donors (Lipinski definition) is 7. The fourth-order valence-electron chi connectivity index (χ4n) is 3.99. The van der Waals surface area contributed by atoms with Gasteiger partial charge in [-0.15, -0.1) is 0 Å². The van der Waals surface area contributed by atoms with Crippen LogP contribution in [0.4, 0.5) is 0 Å². The second-order valence-electron chi connectivity index (χ2n) is 10.8. The number of aliphatic hydroxyl groups excluding tert-OH is 1. The summed E-state index contributed by atoms with van der Waals surface area (Å²) in [6.07, 6.45) is 5.83. The number of rotatable bonds is 16. The second-order valence-corrected chi connectivity index (χ2v) is 10.8. The minimum atomic E-state index is -0.659. The number of carbonyl (C=O) groups excluding carboxylic acids is 6. The van der Waals surface area contributed by atoms with Crippen molar-refractivity contribution < 1.29 is 33.9 Å². The number of unbranched alkanes of at least 4 members (excludes halogenated alkanes) is 1. The fourth-order valence-corrected chi connectivity index (χ4v) is 3.99. The summed E-state index contributed by atoms with van der Waals surface area (Å²) in [5.74, 6) is -0.754. The van der Waals surface area contributed by atoms with Gasteiger partial charge in [-0.25, -0.2) is 0 Å². The monoisotopic (exact) mass is 664 g/mol. The first-order chi connectivity index (χ1) is 22.4. The number of aliphatic imine (C=N–C) groups is 1. The second kappa shape index (κ2) is 27.8. The number of carbonyl (C=O) groups is 6. The predicted octanol–water partition coefficient (Wildman–Crippen LogP) is -0.256. The molecule has 0 unspecified atom stereocenters. The number of amides is 5. The van der Waals surface area contributed by atoms with E-state index in [1.165, 1.54) is 10.5 Å². The van der Waals surface area contributed by atoms with Gasteiger partial charge in [-0.2, -0.15) is 0 Å². The highest BCUT2D eigenvalue weighted by Crippen LogP contribution is 2.13. The molecule has 0 aliphatic carbocycles. The molecule has 3 atom stereocenters. The lowest BCUT2D eigenvalue weighted by atomic mass is 10.1. The Bertz CT molecular complexity index is 1080. The first kappa shape index (κ1) is 44.6. The van der Waals surface area contributed by atoms with E-state index in [2.05, 4.69) is 38.4 Å². The summed E-state index contributed by atoms with van der Waals surface area (Å²) in [6, 6.07) is 8.66. The van der Waals surface area contributed by atoms with E-state index in [0.717, 1.165) is 45.6 Å². The van der Waals surface area contributed by atoms with Crippen molar-refractivity contribution in [3.05, 3.63) is 35.9 Å². The van der Waals surface area contributed by atoms with Gasteiger partial charge in [0.15, 0.2) is 5.96 Å². The maximum Gasteiger partial charge on any atom is 0.245 e. The number of hydrogen-bond acceptors (Lipinski definition) is 8. The van der Waals surface area contributed by atoms with Crippen LogP contribution in [0, 0.1) is 0 Å². The zero-order chi connectivity index (χ0) is 36.2. The van der Waals surface area contributed by atoms with E-state index in [-0.39, 0.29) is 42.2 Å². The van der Waals surface area contributed by atoms with Crippen LogP contribution in [0.15, 0.2) is 35.3 Å². The number of likely N-dealkylation sites (tertiary alicyclic amines) is 1. The van der Waals surface area contributed by atoms with E-state index in [9.17, 15) is 28.8 Å². The minimum absolute atomic E-state index is 0.0254. The maximum absolute atomic E-state index is 11.9. The van der Waals surface area contributed by atoms with Gasteiger partial charge in [0.05, 0.1) is 12.6 Å². The summed E-state index contributed by atoms with van der Waals surface area (Å²) in [5, 5.41) is 17.3. The number of guanidine groups is 1. The molecule has 47 heavy (non-hydrogen) atoms. The Morgan fingerprint density at radius 2 is 1.66 bits per heavy atom. The smallest absolute Gasteiger partial charge is 0.245 e. The number of benzene rings is 1. The first-order valence-electron chi connectivity index (χ1n) is 15.7. The number of aliphatic hydroxyl groups is 1. The highest BCUT2D eigenvalue weighted by atomic mass is 16.2. The van der Waals surface area contributed by atoms with Gasteiger partial charge < -0.3 is 47.5 Å². The van der Waals surface area contributed by atoms with Crippen molar-refractivity contribution in [3.8, 4) is 0 Å². The summed E-state index contributed by atoms with van der Waals surface area (Å²) >= 11 is 0. The lowest BCUT2D eigenvalue weighted by Crippen LogP contribution is -2.48. The number of aldehydes is 1. The summed E-state index contributed by atoms with van der Waals surface area (Å²) in [6.45, 7) is 10.2. The number of nitrogens with one attached hydrogen (secondary N) is 4. The molecule has 1 aromatic rings. The van der Waals surface area contributed by atoms with Crippen molar-refractivity contribution in [1.82, 2.24) is 26.2 Å². The van der Waals surface area contributed by atoms with Crippen molar-refractivity contribution in [2.75, 3.05) is 26.7 Å². The van der Waals surface area contributed by atoms with Crippen molar-refractivity contribution in [3.63, 3.8) is 0 Å². The Balaban J connectivity index is 0. The molecule has 9 N–H and O–H groups in total. The standard InChI is InChI=1S/C19H29N3O3.C8H12N2O3.C4H11N3.CH4O/c1-14(2)21-18(24)13-20-19(25)15(3)22-17(23)12-8-7-11-16-9-5-4-6-10-16;1-6(4-11)10-3-2-7(8(10)13)9-5-12;1-2-3-7-4(5)6;1-2/h4-6,9-10,14-15H,7-8,11-13H2,1-3H3,(H,20,25)(H,21,24)(H,22,23);4-7H,2-3H2,1H3,(H,9,12);2-3H2,1H3,(H4,5,6,7);2H,1H3/t15-;6-,7+;;/m00../s1. The van der Waals surface area contributed by atoms with Crippen LogP contribution in [0.25, 0.3) is 0 Å². The quantitative estimate of drug-likeness (QED) is 0.0533. The van der Waals surface area contributed by atoms with E-state index in [0.29, 0.717) is 25.8 Å². The normalized spacial score (nSPS) is 14.3. The third kappa shape index (κ3) is 22.6. The number of aryl methyl sites for hydroxylation is 1. The molecule has 0 saturated carbocycles. The molecule has 0 spiro atoms. The third-order valence-electron chi connectivity index (χ3n) is 6.32. The predicted molar refractivity (Wildman–Crippen MR) is 182 cm³/mol. The highest BCUT2D eigenvalue weighted by molar-refractivity contribution is 5.90. The summed E-state index contributed by atoms with van der Waals surface area (Å²) < 4.78 is 0. The van der Waals surface area contributed by atoms with Gasteiger partial charge in [0, 0.05) is 32.7 Å². The molecular weight excluding hydrogens is 608 g/mol. The Kier molecular flexibility index (Phi) is 26.3. The summed E-state index contributed by atoms with van der Waals surface area (Å²) in [5.41, 5.74) is 11.3. The molecule has 15 nitrogen and oxygen atoms in total. The molecule has 15 heteroatoms. The van der Waals surface area contributed by atoms with Crippen LogP contribution in [-0.2, 0) is 35.2 Å². The lowest BCUT2D eigenvalue weighted by molar-refractivity contribution is -0.134. The Morgan fingerprint density at radius 1 is 1.02 bits per heavy atom. The SMILES string of the molecule is CC(C)NC(=O)CNC(=O)[C@H](C)NC(=O)CCCCc1ccccc1.CCCN=C(N)N.CO.C[C@@H](C=O)N1CC[C@@H](NC=O)C1=O. The average Bonchev–Trinajstić information content (AvgIpc) is 3.41. The molecule has 2 rings (SSSR count). The van der Waals surface area contributed by atoms with Crippen molar-refractivity contribution in [2.24, 2.45) is 16.5 Å². The van der Waals surface area contributed by atoms with Gasteiger partial charge in [0.1, 0.15) is 18.4 Å². The maximum atomic E-state index is 11.9. The van der Waals surface area contributed by atoms with Crippen LogP contribution in [0.5, 0.6) is 0 Å². The molecular formula is C32H56N8O7. The van der Waals surface area contributed by atoms with E-state index in [4.69, 9.17) is 16.6 Å². The molecule has 0 bridgehead atoms. The van der Waals surface area contributed by atoms with Gasteiger partial charge in [-0.05, 0) is 65.4 Å². The van der Waals surface area contributed by atoms with Crippen LogP contribution < -0.4 is 32.7 Å². The molecule has 1 aliphatic heterocycles. The molecule has 0 aromatic heterocycles. The van der Waals surface area contributed by atoms with Gasteiger partial charge in [-0.3, -0.25) is 29.0 Å². The number of nitrogens with two attached hydrogens (primary N) is 2. The highest BCUT2D eigenvalue weighted by Gasteiger charge is 2.33. The molecule has 1 fully saturated rings. The largest absolute Gasteiger partial charge is 0.400 e. The van der Waals surface area contributed by atoms with Crippen LogP contribution in [0.3, 0.4) is 0 Å². The average molecular weight is 665 g/mol. The minimum Gasteiger partial charge on any atom is -0.400 e. The molecule has 266 valence electrons. The van der Waals surface area contributed by atoms with Crippen LogP contribution in [0.2, 0.25) is 0 Å². The van der Waals surface area contributed by atoms with Gasteiger partial charge in [0.2, 0.25) is 30.0 Å². The van der Waals surface area contributed by atoms with Gasteiger partial charge >= 0.3 is 0 Å². The molecule has 5 amide bonds. The first-order valence-corrected chi connectivity index (χ1v) is 15.7. The summed E-state index contributed by atoms with van der Waals surface area (Å²) in [4.78, 5) is 72.4. The molecule has 1 heterocycles. The molecule has 1 aromatic carbocycles. The van der Waals surface area contributed by atoms with Crippen LogP contribution in [0.1, 0.15) is 72.3 Å². The number of nitrogens with zero attached hydrogens (tertiary/aromatic N) is 2. The van der Waals surface area contributed by atoms with Crippen molar-refractivity contribution >= 4 is 42.3 Å². The zero-order valence-electron chi connectivity index (χ0n) is 28.7. The third-order valence-corrected chi connectivity index (χ3v) is 6.32. The lowest BCUT2D eigenvalue weighted by Gasteiger charge is -2.19.